The van der Waals surface area contributed by atoms with Gasteiger partial charge in [-0.3, -0.25) is 0 Å². The van der Waals surface area contributed by atoms with Crippen LogP contribution < -0.4 is 0 Å². The Balaban J connectivity index is 2.06. The molecule has 0 bridgehead atoms. The maximum atomic E-state index is 2.44. The summed E-state index contributed by atoms with van der Waals surface area (Å²) in [5, 5.41) is 1.64. The molecule has 0 aliphatic heterocycles. The van der Waals surface area contributed by atoms with Crippen LogP contribution in [0.4, 0.5) is 0 Å². The van der Waals surface area contributed by atoms with Gasteiger partial charge in [-0.2, -0.15) is 0 Å². The lowest BCUT2D eigenvalue weighted by Crippen LogP contribution is -2.13. The smallest absolute Gasteiger partial charge is 0.0144 e. The summed E-state index contributed by atoms with van der Waals surface area (Å²) < 4.78 is 0. The van der Waals surface area contributed by atoms with E-state index >= 15 is 0 Å². The van der Waals surface area contributed by atoms with Crippen molar-refractivity contribution in [3.63, 3.8) is 0 Å². The Labute approximate surface area is 130 Å². The average Bonchev–Trinajstić information content (AvgIpc) is 3.08. The third-order valence-electron chi connectivity index (χ3n) is 4.45. The molecule has 0 saturated heterocycles. The third-order valence-corrected chi connectivity index (χ3v) is 5.99. The molecule has 21 heavy (non-hydrogen) atoms. The van der Waals surface area contributed by atoms with Crippen LogP contribution >= 0.6 is 0 Å². The molecule has 0 saturated carbocycles. The molecule has 0 radical (unpaired) electrons. The lowest BCUT2D eigenvalue weighted by Gasteiger charge is -2.14. The first-order chi connectivity index (χ1) is 10.2. The summed E-state index contributed by atoms with van der Waals surface area (Å²) in [4.78, 5) is 0. The molecule has 2 aliphatic carbocycles. The van der Waals surface area contributed by atoms with Gasteiger partial charge in [0.25, 0.3) is 0 Å². The summed E-state index contributed by atoms with van der Waals surface area (Å²) in [6.45, 7) is 7.12. The van der Waals surface area contributed by atoms with Crippen molar-refractivity contribution in [2.75, 3.05) is 0 Å². The van der Waals surface area contributed by atoms with Gasteiger partial charge in [-0.25, -0.2) is 0 Å². The van der Waals surface area contributed by atoms with Gasteiger partial charge in [0.2, 0.25) is 0 Å². The van der Waals surface area contributed by atoms with E-state index in [1.54, 1.807) is 21.9 Å². The molecule has 1 heteroatoms. The van der Waals surface area contributed by atoms with E-state index in [1.165, 1.54) is 30.4 Å². The molecule has 3 rings (SSSR count). The monoisotopic (exact) mass is 292 g/mol. The molecule has 0 N–H and O–H groups in total. The van der Waals surface area contributed by atoms with Gasteiger partial charge in [0.1, 0.15) is 0 Å². The van der Waals surface area contributed by atoms with E-state index in [9.17, 15) is 0 Å². The van der Waals surface area contributed by atoms with Crippen molar-refractivity contribution in [1.29, 1.82) is 0 Å². The molecule has 0 atom stereocenters. The fourth-order valence-electron chi connectivity index (χ4n) is 3.44. The van der Waals surface area contributed by atoms with Gasteiger partial charge in [0, 0.05) is 8.41 Å². The van der Waals surface area contributed by atoms with E-state index in [-0.39, 0.29) is 0 Å². The first-order valence-corrected chi connectivity index (χ1v) is 10.6. The SMILES string of the molecule is CCCCC1=C(C2=Cc3ccccc3C2=[Si](C)C)CC=C1. The first kappa shape index (κ1) is 14.5. The summed E-state index contributed by atoms with van der Waals surface area (Å²) >= 11 is 0. The van der Waals surface area contributed by atoms with Gasteiger partial charge in [-0.1, -0.05) is 62.9 Å². The minimum atomic E-state index is -0.466. The Kier molecular flexibility index (Phi) is 4.21. The van der Waals surface area contributed by atoms with E-state index in [0.29, 0.717) is 0 Å². The third kappa shape index (κ3) is 2.67. The topological polar surface area (TPSA) is 0 Å². The zero-order chi connectivity index (χ0) is 14.8. The summed E-state index contributed by atoms with van der Waals surface area (Å²) in [5.41, 5.74) is 7.63. The van der Waals surface area contributed by atoms with Crippen LogP contribution in [-0.2, 0) is 0 Å². The Morgan fingerprint density at radius 3 is 2.71 bits per heavy atom. The Hall–Kier alpha value is -1.47. The highest BCUT2D eigenvalue weighted by Gasteiger charge is 2.24. The number of hydrogen-bond acceptors (Lipinski definition) is 0. The number of fused-ring (bicyclic) bond motifs is 1. The van der Waals surface area contributed by atoms with Crippen molar-refractivity contribution in [1.82, 2.24) is 0 Å². The second kappa shape index (κ2) is 6.11. The van der Waals surface area contributed by atoms with Crippen molar-refractivity contribution in [3.05, 3.63) is 64.3 Å². The Morgan fingerprint density at radius 2 is 1.95 bits per heavy atom. The number of hydrogen-bond donors (Lipinski definition) is 0. The molecule has 108 valence electrons. The molecule has 0 aromatic heterocycles. The maximum Gasteiger partial charge on any atom is 0.0144 e. The van der Waals surface area contributed by atoms with Gasteiger partial charge in [-0.05, 0) is 58.4 Å². The fourth-order valence-corrected chi connectivity index (χ4v) is 4.96. The van der Waals surface area contributed by atoms with E-state index in [0.717, 1.165) is 6.42 Å². The Morgan fingerprint density at radius 1 is 1.14 bits per heavy atom. The van der Waals surface area contributed by atoms with Crippen LogP contribution in [0.1, 0.15) is 43.7 Å². The largest absolute Gasteiger partial charge is 0.0798 e. The predicted molar refractivity (Wildman–Crippen MR) is 96.3 cm³/mol. The Bertz CT molecular complexity index is 680. The molecule has 0 fully saturated rings. The predicted octanol–water partition coefficient (Wildman–Crippen LogP) is 5.39. The molecule has 0 unspecified atom stereocenters. The lowest BCUT2D eigenvalue weighted by atomic mass is 9.96. The quantitative estimate of drug-likeness (QED) is 0.653. The fraction of sp³-hybridized carbons (Fsp3) is 0.350. The first-order valence-electron chi connectivity index (χ1n) is 8.10. The van der Waals surface area contributed by atoms with Crippen LogP contribution in [0.5, 0.6) is 0 Å². The summed E-state index contributed by atoms with van der Waals surface area (Å²) in [7, 11) is -0.466. The van der Waals surface area contributed by atoms with E-state index in [1.807, 2.05) is 0 Å². The van der Waals surface area contributed by atoms with Crippen LogP contribution in [-0.4, -0.2) is 13.6 Å². The van der Waals surface area contributed by atoms with Crippen molar-refractivity contribution < 1.29 is 0 Å². The summed E-state index contributed by atoms with van der Waals surface area (Å²) in [6, 6.07) is 8.91. The summed E-state index contributed by atoms with van der Waals surface area (Å²) in [6.07, 6.45) is 12.1. The number of unbranched alkanes of at least 4 members (excludes halogenated alkanes) is 1. The number of benzene rings is 1. The van der Waals surface area contributed by atoms with Gasteiger partial charge >= 0.3 is 0 Å². The van der Waals surface area contributed by atoms with Crippen LogP contribution in [0, 0.1) is 0 Å². The van der Waals surface area contributed by atoms with Crippen LogP contribution in [0.25, 0.3) is 6.08 Å². The molecular formula is C20H24Si. The summed E-state index contributed by atoms with van der Waals surface area (Å²) in [5.74, 6) is 0. The van der Waals surface area contributed by atoms with E-state index in [4.69, 9.17) is 0 Å². The highest BCUT2D eigenvalue weighted by atomic mass is 28.2. The molecule has 0 nitrogen and oxygen atoms in total. The standard InChI is InChI=1S/C20H24Si/c1-4-5-9-15-11-8-13-17(15)19-14-16-10-6-7-12-18(16)20(19)21(2)3/h6-8,10-12,14H,4-5,9,13H2,1-3H3. The molecule has 0 spiro atoms. The zero-order valence-corrected chi connectivity index (χ0v) is 14.4. The van der Waals surface area contributed by atoms with Gasteiger partial charge in [-0.15, -0.1) is 0 Å². The van der Waals surface area contributed by atoms with Crippen molar-refractivity contribution in [3.8, 4) is 0 Å². The molecule has 2 aliphatic rings. The minimum absolute atomic E-state index is 0.466. The normalized spacial score (nSPS) is 16.5. The van der Waals surface area contributed by atoms with Crippen LogP contribution in [0.3, 0.4) is 0 Å². The zero-order valence-electron chi connectivity index (χ0n) is 13.4. The average molecular weight is 292 g/mol. The van der Waals surface area contributed by atoms with Gasteiger partial charge in [0.05, 0.1) is 0 Å². The molecule has 0 heterocycles. The molecular weight excluding hydrogens is 268 g/mol. The second-order valence-corrected chi connectivity index (χ2v) is 8.73. The number of allylic oxidation sites excluding steroid dienone is 5. The van der Waals surface area contributed by atoms with Gasteiger partial charge < -0.3 is 0 Å². The second-order valence-electron chi connectivity index (χ2n) is 6.23. The highest BCUT2D eigenvalue weighted by Crippen LogP contribution is 2.36. The van der Waals surface area contributed by atoms with Crippen molar-refractivity contribution >= 4 is 19.7 Å². The van der Waals surface area contributed by atoms with Crippen LogP contribution in [0.2, 0.25) is 13.1 Å². The molecule has 1 aromatic carbocycles. The van der Waals surface area contributed by atoms with E-state index in [2.05, 4.69) is 62.5 Å². The van der Waals surface area contributed by atoms with Crippen molar-refractivity contribution in [2.45, 2.75) is 45.7 Å². The molecule has 1 aromatic rings. The van der Waals surface area contributed by atoms with Crippen molar-refractivity contribution in [2.24, 2.45) is 0 Å². The van der Waals surface area contributed by atoms with Gasteiger partial charge in [0.15, 0.2) is 0 Å². The minimum Gasteiger partial charge on any atom is -0.0798 e. The van der Waals surface area contributed by atoms with Crippen LogP contribution in [0.15, 0.2) is 53.1 Å². The van der Waals surface area contributed by atoms with E-state index < -0.39 is 8.41 Å². The maximum absolute atomic E-state index is 2.44. The highest BCUT2D eigenvalue weighted by molar-refractivity contribution is 6.76. The lowest BCUT2D eigenvalue weighted by molar-refractivity contribution is 0.795. The molecule has 0 amide bonds. The number of rotatable bonds is 4.